The Bertz CT molecular complexity index is 781. The molecule has 6 heteroatoms. The number of anilines is 1. The van der Waals surface area contributed by atoms with Gasteiger partial charge in [0, 0.05) is 24.7 Å². The van der Waals surface area contributed by atoms with Gasteiger partial charge in [-0.15, -0.1) is 0 Å². The van der Waals surface area contributed by atoms with E-state index in [1.54, 1.807) is 18.4 Å². The van der Waals surface area contributed by atoms with Crippen molar-refractivity contribution >= 4 is 17.5 Å². The van der Waals surface area contributed by atoms with E-state index in [0.717, 1.165) is 56.2 Å². The molecule has 0 saturated heterocycles. The first-order valence-corrected chi connectivity index (χ1v) is 11.1. The van der Waals surface area contributed by atoms with E-state index in [4.69, 9.17) is 10.2 Å². The summed E-state index contributed by atoms with van der Waals surface area (Å²) in [7, 11) is 0. The first-order chi connectivity index (χ1) is 14.7. The number of furan rings is 1. The molecule has 1 aliphatic rings. The van der Waals surface area contributed by atoms with Crippen LogP contribution in [0.1, 0.15) is 73.9 Å². The average molecular weight is 412 g/mol. The van der Waals surface area contributed by atoms with Gasteiger partial charge in [0.05, 0.1) is 6.26 Å². The highest BCUT2D eigenvalue weighted by molar-refractivity contribution is 5.92. The second-order valence-electron chi connectivity index (χ2n) is 8.05. The molecule has 30 heavy (non-hydrogen) atoms. The van der Waals surface area contributed by atoms with E-state index in [1.165, 1.54) is 6.42 Å². The van der Waals surface area contributed by atoms with Crippen molar-refractivity contribution in [2.24, 2.45) is 5.73 Å². The van der Waals surface area contributed by atoms with Gasteiger partial charge in [0.2, 0.25) is 5.91 Å². The summed E-state index contributed by atoms with van der Waals surface area (Å²) in [5, 5.41) is 2.94. The Labute approximate surface area is 178 Å². The van der Waals surface area contributed by atoms with E-state index in [1.807, 2.05) is 29.2 Å². The summed E-state index contributed by atoms with van der Waals surface area (Å²) >= 11 is 0. The van der Waals surface area contributed by atoms with Gasteiger partial charge < -0.3 is 20.4 Å². The molecule has 3 N–H and O–H groups in total. The molecule has 1 saturated carbocycles. The lowest BCUT2D eigenvalue weighted by Gasteiger charge is -2.34. The maximum atomic E-state index is 13.0. The summed E-state index contributed by atoms with van der Waals surface area (Å²) in [5.74, 6) is 0.359. The Balaban J connectivity index is 1.60. The summed E-state index contributed by atoms with van der Waals surface area (Å²) in [6, 6.07) is 11.5. The molecular formula is C24H33N3O3. The van der Waals surface area contributed by atoms with Crippen LogP contribution in [0.25, 0.3) is 0 Å². The van der Waals surface area contributed by atoms with Crippen molar-refractivity contribution in [2.75, 3.05) is 11.9 Å². The number of carbonyl (C=O) groups is 2. The largest absolute Gasteiger partial charge is 0.459 e. The maximum absolute atomic E-state index is 13.0. The van der Waals surface area contributed by atoms with Crippen LogP contribution in [0.4, 0.5) is 5.69 Å². The summed E-state index contributed by atoms with van der Waals surface area (Å²) in [5.41, 5.74) is 7.31. The van der Waals surface area contributed by atoms with Crippen LogP contribution in [0.5, 0.6) is 0 Å². The first kappa shape index (κ1) is 22.1. The minimum atomic E-state index is -0.0539. The summed E-state index contributed by atoms with van der Waals surface area (Å²) < 4.78 is 5.37. The van der Waals surface area contributed by atoms with E-state index < -0.39 is 0 Å². The number of nitrogens with one attached hydrogen (secondary N) is 1. The third-order valence-electron chi connectivity index (χ3n) is 5.71. The van der Waals surface area contributed by atoms with Gasteiger partial charge in [0.15, 0.2) is 5.76 Å². The molecule has 1 aliphatic carbocycles. The number of unbranched alkanes of at least 4 members (excludes halogenated alkanes) is 2. The van der Waals surface area contributed by atoms with E-state index in [9.17, 15) is 9.59 Å². The number of hydrogen-bond donors (Lipinski definition) is 2. The number of amides is 2. The molecule has 1 aromatic heterocycles. The third kappa shape index (κ3) is 6.46. The van der Waals surface area contributed by atoms with E-state index in [0.29, 0.717) is 25.3 Å². The van der Waals surface area contributed by atoms with Crippen molar-refractivity contribution in [2.45, 2.75) is 70.4 Å². The first-order valence-electron chi connectivity index (χ1n) is 11.1. The molecule has 0 spiro atoms. The molecule has 1 fully saturated rings. The van der Waals surface area contributed by atoms with Crippen LogP contribution in [0.2, 0.25) is 0 Å². The Morgan fingerprint density at radius 3 is 2.47 bits per heavy atom. The third-order valence-corrected chi connectivity index (χ3v) is 5.71. The summed E-state index contributed by atoms with van der Waals surface area (Å²) in [6.45, 7) is 1.21. The van der Waals surface area contributed by atoms with Gasteiger partial charge in [0.25, 0.3) is 5.91 Å². The quantitative estimate of drug-likeness (QED) is 0.554. The molecule has 1 heterocycles. The molecule has 2 amide bonds. The second-order valence-corrected chi connectivity index (χ2v) is 8.05. The van der Waals surface area contributed by atoms with Crippen LogP contribution in [-0.2, 0) is 11.3 Å². The van der Waals surface area contributed by atoms with Crippen LogP contribution in [0.15, 0.2) is 47.1 Å². The minimum absolute atomic E-state index is 0.0246. The molecule has 0 atom stereocenters. The van der Waals surface area contributed by atoms with Gasteiger partial charge in [-0.05, 0) is 62.1 Å². The van der Waals surface area contributed by atoms with Gasteiger partial charge in [-0.2, -0.15) is 0 Å². The lowest BCUT2D eigenvalue weighted by molar-refractivity contribution is -0.116. The molecule has 1 aromatic carbocycles. The number of hydrogen-bond acceptors (Lipinski definition) is 4. The van der Waals surface area contributed by atoms with Gasteiger partial charge in [-0.1, -0.05) is 37.8 Å². The fourth-order valence-corrected chi connectivity index (χ4v) is 4.02. The summed E-state index contributed by atoms with van der Waals surface area (Å²) in [4.78, 5) is 27.0. The zero-order valence-electron chi connectivity index (χ0n) is 17.6. The SMILES string of the molecule is NCCCCCC(=O)Nc1ccc(CN(C(=O)c2ccco2)C2CCCCC2)cc1. The molecule has 0 unspecified atom stereocenters. The lowest BCUT2D eigenvalue weighted by atomic mass is 9.93. The number of rotatable bonds is 10. The van der Waals surface area contributed by atoms with Crippen molar-refractivity contribution in [3.63, 3.8) is 0 Å². The van der Waals surface area contributed by atoms with Crippen LogP contribution in [0.3, 0.4) is 0 Å². The van der Waals surface area contributed by atoms with E-state index in [2.05, 4.69) is 5.32 Å². The topological polar surface area (TPSA) is 88.6 Å². The number of nitrogens with zero attached hydrogens (tertiary/aromatic N) is 1. The van der Waals surface area contributed by atoms with Crippen molar-refractivity contribution in [1.29, 1.82) is 0 Å². The molecule has 0 aliphatic heterocycles. The fraction of sp³-hybridized carbons (Fsp3) is 0.500. The number of benzene rings is 1. The van der Waals surface area contributed by atoms with Gasteiger partial charge in [-0.25, -0.2) is 0 Å². The van der Waals surface area contributed by atoms with Crippen molar-refractivity contribution in [3.8, 4) is 0 Å². The average Bonchev–Trinajstić information content (AvgIpc) is 3.31. The Morgan fingerprint density at radius 2 is 1.80 bits per heavy atom. The standard InChI is InChI=1S/C24H33N3O3/c25-16-6-2-5-11-23(28)26-20-14-12-19(13-15-20)18-27(21-8-3-1-4-9-21)24(29)22-10-7-17-30-22/h7,10,12-15,17,21H,1-6,8-9,11,16,18,25H2,(H,26,28). The predicted octanol–water partition coefficient (Wildman–Crippen LogP) is 4.71. The molecule has 0 radical (unpaired) electrons. The normalized spacial score (nSPS) is 14.4. The fourth-order valence-electron chi connectivity index (χ4n) is 4.02. The van der Waals surface area contributed by atoms with E-state index in [-0.39, 0.29) is 17.9 Å². The highest BCUT2D eigenvalue weighted by Gasteiger charge is 2.27. The second kappa shape index (κ2) is 11.6. The molecule has 0 bridgehead atoms. The monoisotopic (exact) mass is 411 g/mol. The molecule has 162 valence electrons. The lowest BCUT2D eigenvalue weighted by Crippen LogP contribution is -2.40. The highest BCUT2D eigenvalue weighted by atomic mass is 16.3. The predicted molar refractivity (Wildman–Crippen MR) is 118 cm³/mol. The van der Waals surface area contributed by atoms with E-state index >= 15 is 0 Å². The summed E-state index contributed by atoms with van der Waals surface area (Å²) in [6.07, 6.45) is 10.4. The molecule has 2 aromatic rings. The van der Waals surface area contributed by atoms with Gasteiger partial charge >= 0.3 is 0 Å². The molecule has 3 rings (SSSR count). The van der Waals surface area contributed by atoms with Crippen molar-refractivity contribution in [1.82, 2.24) is 4.90 Å². The smallest absolute Gasteiger partial charge is 0.290 e. The Kier molecular flexibility index (Phi) is 8.51. The zero-order valence-corrected chi connectivity index (χ0v) is 17.6. The number of nitrogens with two attached hydrogens (primary N) is 1. The minimum Gasteiger partial charge on any atom is -0.459 e. The highest BCUT2D eigenvalue weighted by Crippen LogP contribution is 2.26. The zero-order chi connectivity index (χ0) is 21.2. The Morgan fingerprint density at radius 1 is 1.03 bits per heavy atom. The molecular weight excluding hydrogens is 378 g/mol. The van der Waals surface area contributed by atoms with Crippen LogP contribution >= 0.6 is 0 Å². The van der Waals surface area contributed by atoms with Gasteiger partial charge in [-0.3, -0.25) is 9.59 Å². The Hall–Kier alpha value is -2.60. The van der Waals surface area contributed by atoms with Crippen molar-refractivity contribution < 1.29 is 14.0 Å². The molecule has 6 nitrogen and oxygen atoms in total. The number of carbonyl (C=O) groups excluding carboxylic acids is 2. The van der Waals surface area contributed by atoms with Crippen LogP contribution < -0.4 is 11.1 Å². The van der Waals surface area contributed by atoms with Gasteiger partial charge in [0.1, 0.15) is 0 Å². The van der Waals surface area contributed by atoms with Crippen LogP contribution in [-0.4, -0.2) is 29.3 Å². The van der Waals surface area contributed by atoms with Crippen LogP contribution in [0, 0.1) is 0 Å². The maximum Gasteiger partial charge on any atom is 0.290 e. The van der Waals surface area contributed by atoms with Crippen molar-refractivity contribution in [3.05, 3.63) is 54.0 Å².